The van der Waals surface area contributed by atoms with Crippen LogP contribution in [0.4, 0.5) is 0 Å². The summed E-state index contributed by atoms with van der Waals surface area (Å²) in [4.78, 5) is 0. The molecule has 1 saturated heterocycles. The molecule has 4 nitrogen and oxygen atoms in total. The molecule has 3 unspecified atom stereocenters. The van der Waals surface area contributed by atoms with Gasteiger partial charge in [-0.05, 0) is 12.5 Å². The lowest BCUT2D eigenvalue weighted by molar-refractivity contribution is 0.0852. The van der Waals surface area contributed by atoms with E-state index < -0.39 is 0 Å². The van der Waals surface area contributed by atoms with Crippen molar-refractivity contribution in [2.24, 2.45) is 11.7 Å². The Kier molecular flexibility index (Phi) is 3.14. The predicted molar refractivity (Wildman–Crippen MR) is 67.9 cm³/mol. The first kappa shape index (κ1) is 11.8. The zero-order valence-corrected chi connectivity index (χ0v) is 10.6. The lowest BCUT2D eigenvalue weighted by Gasteiger charge is -2.33. The second kappa shape index (κ2) is 4.78. The number of methoxy groups -OCH3 is 1. The van der Waals surface area contributed by atoms with Gasteiger partial charge in [0.2, 0.25) is 0 Å². The molecule has 18 heavy (non-hydrogen) atoms. The highest BCUT2D eigenvalue weighted by molar-refractivity contribution is 5.43. The molecule has 0 radical (unpaired) electrons. The molecule has 0 aliphatic carbocycles. The topological polar surface area (TPSA) is 53.7 Å². The van der Waals surface area contributed by atoms with Crippen LogP contribution in [0.2, 0.25) is 0 Å². The third-order valence-electron chi connectivity index (χ3n) is 3.88. The van der Waals surface area contributed by atoms with Gasteiger partial charge < -0.3 is 19.9 Å². The Bertz CT molecular complexity index is 429. The van der Waals surface area contributed by atoms with Crippen LogP contribution < -0.4 is 15.2 Å². The molecule has 1 aromatic rings. The van der Waals surface area contributed by atoms with Crippen molar-refractivity contribution in [1.82, 2.24) is 0 Å². The van der Waals surface area contributed by atoms with E-state index >= 15 is 0 Å². The normalized spacial score (nSPS) is 30.7. The fourth-order valence-electron chi connectivity index (χ4n) is 2.77. The number of hydrogen-bond acceptors (Lipinski definition) is 4. The van der Waals surface area contributed by atoms with Crippen molar-refractivity contribution in [1.29, 1.82) is 0 Å². The molecule has 1 aromatic carbocycles. The minimum absolute atomic E-state index is 0.0465. The van der Waals surface area contributed by atoms with Gasteiger partial charge in [0.15, 0.2) is 0 Å². The second-order valence-corrected chi connectivity index (χ2v) is 5.03. The summed E-state index contributed by atoms with van der Waals surface area (Å²) < 4.78 is 16.8. The molecule has 4 heteroatoms. The fraction of sp³-hybridized carbons (Fsp3) is 0.571. The number of ether oxygens (including phenoxy) is 3. The van der Waals surface area contributed by atoms with E-state index in [1.54, 1.807) is 7.11 Å². The summed E-state index contributed by atoms with van der Waals surface area (Å²) in [7, 11) is 1.66. The van der Waals surface area contributed by atoms with Crippen LogP contribution in [0.15, 0.2) is 18.2 Å². The number of hydrogen-bond donors (Lipinski definition) is 1. The van der Waals surface area contributed by atoms with Crippen LogP contribution in [0.25, 0.3) is 0 Å². The van der Waals surface area contributed by atoms with Gasteiger partial charge >= 0.3 is 0 Å². The lowest BCUT2D eigenvalue weighted by Crippen LogP contribution is -2.35. The van der Waals surface area contributed by atoms with Crippen molar-refractivity contribution < 1.29 is 14.2 Å². The molecule has 0 saturated carbocycles. The largest absolute Gasteiger partial charge is 0.497 e. The molecular weight excluding hydrogens is 230 g/mol. The highest BCUT2D eigenvalue weighted by Gasteiger charge is 2.33. The Morgan fingerprint density at radius 2 is 2.28 bits per heavy atom. The first-order valence-electron chi connectivity index (χ1n) is 6.46. The van der Waals surface area contributed by atoms with Crippen LogP contribution >= 0.6 is 0 Å². The molecule has 2 N–H and O–H groups in total. The fourth-order valence-corrected chi connectivity index (χ4v) is 2.77. The van der Waals surface area contributed by atoms with E-state index in [9.17, 15) is 0 Å². The molecule has 3 rings (SSSR count). The van der Waals surface area contributed by atoms with E-state index in [1.165, 1.54) is 0 Å². The molecule has 0 amide bonds. The molecular formula is C14H19NO3. The van der Waals surface area contributed by atoms with Gasteiger partial charge in [0.05, 0.1) is 13.7 Å². The maximum Gasteiger partial charge on any atom is 0.128 e. The van der Waals surface area contributed by atoms with Crippen LogP contribution in [0.1, 0.15) is 24.4 Å². The molecule has 3 atom stereocenters. The Hall–Kier alpha value is -1.26. The van der Waals surface area contributed by atoms with Crippen molar-refractivity contribution >= 4 is 0 Å². The average molecular weight is 249 g/mol. The van der Waals surface area contributed by atoms with Crippen molar-refractivity contribution in [3.8, 4) is 11.5 Å². The Balaban J connectivity index is 1.85. The van der Waals surface area contributed by atoms with Crippen LogP contribution in [-0.4, -0.2) is 26.4 Å². The van der Waals surface area contributed by atoms with Gasteiger partial charge in [-0.3, -0.25) is 0 Å². The van der Waals surface area contributed by atoms with E-state index in [1.807, 2.05) is 18.2 Å². The van der Waals surface area contributed by atoms with E-state index in [-0.39, 0.29) is 12.1 Å². The first-order chi connectivity index (χ1) is 8.78. The average Bonchev–Trinajstić information content (AvgIpc) is 2.91. The van der Waals surface area contributed by atoms with Crippen molar-refractivity contribution in [3.63, 3.8) is 0 Å². The lowest BCUT2D eigenvalue weighted by atomic mass is 9.90. The molecule has 0 spiro atoms. The molecule has 2 aliphatic rings. The number of benzene rings is 1. The Morgan fingerprint density at radius 3 is 3.00 bits per heavy atom. The Morgan fingerprint density at radius 1 is 1.39 bits per heavy atom. The van der Waals surface area contributed by atoms with Gasteiger partial charge in [0.1, 0.15) is 17.6 Å². The third kappa shape index (κ3) is 2.06. The third-order valence-corrected chi connectivity index (χ3v) is 3.88. The molecule has 2 heterocycles. The summed E-state index contributed by atoms with van der Waals surface area (Å²) in [5, 5.41) is 0. The van der Waals surface area contributed by atoms with Gasteiger partial charge in [0.25, 0.3) is 0 Å². The van der Waals surface area contributed by atoms with Crippen LogP contribution in [-0.2, 0) is 4.74 Å². The maximum atomic E-state index is 6.23. The second-order valence-electron chi connectivity index (χ2n) is 5.03. The summed E-state index contributed by atoms with van der Waals surface area (Å²) in [5.41, 5.74) is 7.31. The van der Waals surface area contributed by atoms with E-state index in [0.717, 1.165) is 43.1 Å². The SMILES string of the molecule is COc1ccc2c(c1)OC(C1CCOC1)CC2N. The van der Waals surface area contributed by atoms with E-state index in [0.29, 0.717) is 5.92 Å². The molecule has 0 aromatic heterocycles. The van der Waals surface area contributed by atoms with Crippen molar-refractivity contribution in [2.45, 2.75) is 25.0 Å². The minimum atomic E-state index is 0.0465. The van der Waals surface area contributed by atoms with Gasteiger partial charge in [-0.15, -0.1) is 0 Å². The molecule has 0 bridgehead atoms. The standard InChI is InChI=1S/C14H19NO3/c1-16-10-2-3-11-12(15)7-13(18-14(11)6-10)9-4-5-17-8-9/h2-3,6,9,12-13H,4-5,7-8,15H2,1H3. The molecule has 1 fully saturated rings. The van der Waals surface area contributed by atoms with Crippen LogP contribution in [0, 0.1) is 5.92 Å². The van der Waals surface area contributed by atoms with Crippen molar-refractivity contribution in [3.05, 3.63) is 23.8 Å². The summed E-state index contributed by atoms with van der Waals surface area (Å²) >= 11 is 0. The Labute approximate surface area is 107 Å². The summed E-state index contributed by atoms with van der Waals surface area (Å²) in [6, 6.07) is 5.91. The summed E-state index contributed by atoms with van der Waals surface area (Å²) in [6.45, 7) is 1.63. The van der Waals surface area contributed by atoms with E-state index in [2.05, 4.69) is 0 Å². The zero-order chi connectivity index (χ0) is 12.5. The van der Waals surface area contributed by atoms with E-state index in [4.69, 9.17) is 19.9 Å². The predicted octanol–water partition coefficient (Wildman–Crippen LogP) is 1.88. The zero-order valence-electron chi connectivity index (χ0n) is 10.6. The minimum Gasteiger partial charge on any atom is -0.497 e. The first-order valence-corrected chi connectivity index (χ1v) is 6.46. The molecule has 2 aliphatic heterocycles. The number of nitrogens with two attached hydrogens (primary N) is 1. The van der Waals surface area contributed by atoms with Crippen molar-refractivity contribution in [2.75, 3.05) is 20.3 Å². The van der Waals surface area contributed by atoms with Gasteiger partial charge in [-0.2, -0.15) is 0 Å². The quantitative estimate of drug-likeness (QED) is 0.869. The maximum absolute atomic E-state index is 6.23. The smallest absolute Gasteiger partial charge is 0.128 e. The molecule has 98 valence electrons. The number of rotatable bonds is 2. The van der Waals surface area contributed by atoms with Crippen LogP contribution in [0.5, 0.6) is 11.5 Å². The highest BCUT2D eigenvalue weighted by atomic mass is 16.5. The monoisotopic (exact) mass is 249 g/mol. The summed E-state index contributed by atoms with van der Waals surface area (Å²) in [6.07, 6.45) is 2.10. The summed E-state index contributed by atoms with van der Waals surface area (Å²) in [5.74, 6) is 2.14. The van der Waals surface area contributed by atoms with Gasteiger partial charge in [0, 0.05) is 36.6 Å². The number of fused-ring (bicyclic) bond motifs is 1. The van der Waals surface area contributed by atoms with Gasteiger partial charge in [-0.1, -0.05) is 6.07 Å². The van der Waals surface area contributed by atoms with Crippen LogP contribution in [0.3, 0.4) is 0 Å². The highest BCUT2D eigenvalue weighted by Crippen LogP contribution is 2.39. The van der Waals surface area contributed by atoms with Gasteiger partial charge in [-0.25, -0.2) is 0 Å².